The smallest absolute Gasteiger partial charge is 0.212 e. The van der Waals surface area contributed by atoms with Crippen LogP contribution in [0.25, 0.3) is 10.8 Å². The van der Waals surface area contributed by atoms with Crippen molar-refractivity contribution < 1.29 is 15.1 Å². The van der Waals surface area contributed by atoms with Crippen molar-refractivity contribution in [3.8, 4) is 0 Å². The van der Waals surface area contributed by atoms with Gasteiger partial charge in [-0.1, -0.05) is 39.3 Å². The molecule has 4 N–H and O–H groups in total. The van der Waals surface area contributed by atoms with E-state index in [1.54, 1.807) is 6.20 Å². The molecule has 1 aliphatic rings. The van der Waals surface area contributed by atoms with Crippen LogP contribution in [-0.4, -0.2) is 60.9 Å². The van der Waals surface area contributed by atoms with Gasteiger partial charge in [0.1, 0.15) is 5.69 Å². The molecule has 2 aromatic rings. The second-order valence-corrected chi connectivity index (χ2v) is 5.56. The zero-order valence-electron chi connectivity index (χ0n) is 14.7. The van der Waals surface area contributed by atoms with Crippen molar-refractivity contribution in [2.45, 2.75) is 0 Å². The summed E-state index contributed by atoms with van der Waals surface area (Å²) in [5.41, 5.74) is 2.87. The van der Waals surface area contributed by atoms with Crippen LogP contribution in [0.15, 0.2) is 36.5 Å². The van der Waals surface area contributed by atoms with Gasteiger partial charge in [0.15, 0.2) is 20.9 Å². The van der Waals surface area contributed by atoms with Crippen LogP contribution in [0.4, 0.5) is 0 Å². The first kappa shape index (κ1) is 21.0. The minimum atomic E-state index is -0.924. The number of pyridine rings is 1. The van der Waals surface area contributed by atoms with Crippen molar-refractivity contribution in [3.05, 3.63) is 72.6 Å². The number of benzene rings is 1. The Labute approximate surface area is 161 Å². The number of hydrogen-bond acceptors (Lipinski definition) is 9. The van der Waals surface area contributed by atoms with E-state index in [1.165, 1.54) is 0 Å². The van der Waals surface area contributed by atoms with Crippen molar-refractivity contribution in [3.63, 3.8) is 0 Å². The molecule has 0 saturated carbocycles. The molecule has 1 aromatic heterocycles. The monoisotopic (exact) mass is 408 g/mol. The summed E-state index contributed by atoms with van der Waals surface area (Å²) < 4.78 is 0. The largest absolute Gasteiger partial charge is 0.307 e. The van der Waals surface area contributed by atoms with Crippen LogP contribution < -0.4 is 11.3 Å². The normalized spacial score (nSPS) is 13.3. The quantitative estimate of drug-likeness (QED) is 0.190. The number of amidine groups is 1. The summed E-state index contributed by atoms with van der Waals surface area (Å²) in [4.78, 5) is 35.1. The molecule has 0 spiro atoms. The molecule has 2 heterocycles. The third kappa shape index (κ3) is 5.10. The highest BCUT2D eigenvalue weighted by Gasteiger charge is 2.39. The number of nitrogens with zero attached hydrogens (tertiary/aromatic N) is 7. The Morgan fingerprint density at radius 2 is 1.45 bits per heavy atom. The van der Waals surface area contributed by atoms with Gasteiger partial charge in [0.25, 0.3) is 0 Å². The van der Waals surface area contributed by atoms with E-state index in [4.69, 9.17) is 11.3 Å². The Morgan fingerprint density at radius 3 is 1.90 bits per heavy atom. The number of nitrogens with one attached hydrogen (secondary N) is 2. The SMILES string of the molecule is N=C(NN)c1nccc2ccccc12.O=[N+]([O-])N1CN([N+](=O)[O-])CN([N+](=O)[O-])C1. The van der Waals surface area contributed by atoms with Crippen LogP contribution in [0, 0.1) is 35.8 Å². The number of rotatable bonds is 4. The summed E-state index contributed by atoms with van der Waals surface area (Å²) in [7, 11) is 0. The lowest BCUT2D eigenvalue weighted by molar-refractivity contribution is -0.775. The summed E-state index contributed by atoms with van der Waals surface area (Å²) in [5.74, 6) is 5.31. The summed E-state index contributed by atoms with van der Waals surface area (Å²) in [6.07, 6.45) is 1.67. The van der Waals surface area contributed by atoms with Crippen molar-refractivity contribution in [1.29, 1.82) is 5.41 Å². The Balaban J connectivity index is 0.000000207. The minimum Gasteiger partial charge on any atom is -0.307 e. The molecule has 0 unspecified atom stereocenters. The van der Waals surface area contributed by atoms with Gasteiger partial charge in [0.05, 0.1) is 0 Å². The summed E-state index contributed by atoms with van der Waals surface area (Å²) in [5, 5.41) is 38.9. The fourth-order valence-electron chi connectivity index (χ4n) is 2.40. The van der Waals surface area contributed by atoms with Gasteiger partial charge in [-0.25, -0.2) is 36.2 Å². The second kappa shape index (κ2) is 9.04. The molecular formula is C13H16N10O6. The lowest BCUT2D eigenvalue weighted by Gasteiger charge is -2.27. The molecule has 1 aliphatic heterocycles. The average Bonchev–Trinajstić information content (AvgIpc) is 2.72. The minimum absolute atomic E-state index is 0.127. The van der Waals surface area contributed by atoms with E-state index in [0.717, 1.165) is 10.8 Å². The first-order valence-electron chi connectivity index (χ1n) is 7.81. The Bertz CT molecular complexity index is 880. The van der Waals surface area contributed by atoms with Crippen LogP contribution in [0.5, 0.6) is 0 Å². The van der Waals surface area contributed by atoms with Gasteiger partial charge >= 0.3 is 0 Å². The molecule has 0 bridgehead atoms. The van der Waals surface area contributed by atoms with Gasteiger partial charge < -0.3 is 5.43 Å². The highest BCUT2D eigenvalue weighted by Crippen LogP contribution is 2.15. The zero-order chi connectivity index (χ0) is 21.6. The Kier molecular flexibility index (Phi) is 6.54. The molecule has 29 heavy (non-hydrogen) atoms. The van der Waals surface area contributed by atoms with Gasteiger partial charge in [0.2, 0.25) is 20.0 Å². The average molecular weight is 408 g/mol. The number of aromatic nitrogens is 1. The van der Waals surface area contributed by atoms with E-state index in [1.807, 2.05) is 30.3 Å². The van der Waals surface area contributed by atoms with Gasteiger partial charge in [-0.05, 0) is 11.5 Å². The van der Waals surface area contributed by atoms with Crippen LogP contribution in [0.2, 0.25) is 0 Å². The van der Waals surface area contributed by atoms with Crippen molar-refractivity contribution >= 4 is 16.6 Å². The molecule has 1 fully saturated rings. The second-order valence-electron chi connectivity index (χ2n) is 5.56. The highest BCUT2D eigenvalue weighted by atomic mass is 16.7. The number of fused-ring (bicyclic) bond motifs is 1. The van der Waals surface area contributed by atoms with E-state index in [-0.39, 0.29) is 5.84 Å². The third-order valence-corrected chi connectivity index (χ3v) is 3.73. The number of hydrazine groups is 4. The molecule has 0 radical (unpaired) electrons. The predicted molar refractivity (Wildman–Crippen MR) is 97.0 cm³/mol. The number of nitrogens with two attached hydrogens (primary N) is 1. The van der Waals surface area contributed by atoms with Crippen LogP contribution in [-0.2, 0) is 0 Å². The van der Waals surface area contributed by atoms with E-state index < -0.39 is 35.1 Å². The lowest BCUT2D eigenvalue weighted by atomic mass is 10.1. The molecule has 0 atom stereocenters. The Hall–Kier alpha value is -4.34. The maximum absolute atomic E-state index is 10.3. The van der Waals surface area contributed by atoms with E-state index in [2.05, 4.69) is 10.4 Å². The number of hydrogen-bond donors (Lipinski definition) is 3. The van der Waals surface area contributed by atoms with Crippen molar-refractivity contribution in [2.24, 2.45) is 5.84 Å². The van der Waals surface area contributed by atoms with E-state index in [9.17, 15) is 30.3 Å². The fraction of sp³-hybridized carbons (Fsp3) is 0.231. The van der Waals surface area contributed by atoms with Crippen LogP contribution in [0.1, 0.15) is 5.69 Å². The van der Waals surface area contributed by atoms with Gasteiger partial charge in [-0.3, -0.25) is 10.4 Å². The van der Waals surface area contributed by atoms with E-state index >= 15 is 0 Å². The van der Waals surface area contributed by atoms with Gasteiger partial charge in [0, 0.05) is 11.6 Å². The molecule has 0 amide bonds. The fourth-order valence-corrected chi connectivity index (χ4v) is 2.40. The standard InChI is InChI=1S/C10H10N4.C3H6N6O6/c11-10(14-12)9-8-4-2-1-3-7(8)5-6-13-9;10-7(11)4-1-5(8(12)13)3-6(2-4)9(14)15/h1-6H,12H2,(H2,11,14);1-3H2. The molecule has 3 rings (SSSR count). The molecular weight excluding hydrogens is 392 g/mol. The first-order chi connectivity index (χ1) is 13.7. The topological polar surface area (TPSA) is 214 Å². The van der Waals surface area contributed by atoms with E-state index in [0.29, 0.717) is 20.7 Å². The molecule has 1 saturated heterocycles. The summed E-state index contributed by atoms with van der Waals surface area (Å²) in [6.45, 7) is -1.78. The summed E-state index contributed by atoms with van der Waals surface area (Å²) in [6, 6.07) is 9.67. The highest BCUT2D eigenvalue weighted by molar-refractivity contribution is 6.06. The molecule has 154 valence electrons. The van der Waals surface area contributed by atoms with Crippen molar-refractivity contribution in [2.75, 3.05) is 20.0 Å². The molecule has 16 nitrogen and oxygen atoms in total. The molecule has 0 aliphatic carbocycles. The Morgan fingerprint density at radius 1 is 0.966 bits per heavy atom. The molecule has 1 aromatic carbocycles. The predicted octanol–water partition coefficient (Wildman–Crippen LogP) is -0.623. The van der Waals surface area contributed by atoms with Gasteiger partial charge in [-0.15, -0.1) is 0 Å². The number of nitro groups is 3. The zero-order valence-corrected chi connectivity index (χ0v) is 14.7. The maximum atomic E-state index is 10.3. The van der Waals surface area contributed by atoms with Gasteiger partial charge in [-0.2, -0.15) is 0 Å². The maximum Gasteiger partial charge on any atom is 0.212 e. The van der Waals surface area contributed by atoms with Crippen LogP contribution in [0.3, 0.4) is 0 Å². The third-order valence-electron chi connectivity index (χ3n) is 3.73. The van der Waals surface area contributed by atoms with Crippen molar-refractivity contribution in [1.82, 2.24) is 25.4 Å². The first-order valence-corrected chi connectivity index (χ1v) is 7.81. The van der Waals surface area contributed by atoms with Crippen LogP contribution >= 0.6 is 0 Å². The summed E-state index contributed by atoms with van der Waals surface area (Å²) >= 11 is 0. The molecule has 16 heteroatoms. The lowest BCUT2D eigenvalue weighted by Crippen LogP contribution is -2.59.